The number of nitrogens with one attached hydrogen (secondary N) is 2. The van der Waals surface area contributed by atoms with Gasteiger partial charge in [0.25, 0.3) is 5.91 Å². The van der Waals surface area contributed by atoms with Gasteiger partial charge in [-0.15, -0.1) is 0 Å². The second kappa shape index (κ2) is 8.67. The van der Waals surface area contributed by atoms with Crippen molar-refractivity contribution in [2.45, 2.75) is 32.9 Å². The number of aromatic nitrogens is 2. The summed E-state index contributed by atoms with van der Waals surface area (Å²) in [7, 11) is 0. The van der Waals surface area contributed by atoms with Gasteiger partial charge in [0.1, 0.15) is 11.6 Å². The number of hydrogen-bond donors (Lipinski definition) is 2. The molecule has 8 heteroatoms. The van der Waals surface area contributed by atoms with Crippen LogP contribution in [0.3, 0.4) is 0 Å². The molecule has 1 aromatic heterocycles. The van der Waals surface area contributed by atoms with Crippen LogP contribution in [-0.2, 0) is 30.7 Å². The molecule has 6 nitrogen and oxygen atoms in total. The number of halogens is 2. The highest BCUT2D eigenvalue weighted by Crippen LogP contribution is 2.22. The molecular weight excluding hydrogens is 402 g/mol. The van der Waals surface area contributed by atoms with Crippen LogP contribution in [0, 0.1) is 18.6 Å². The number of H-pyrrole nitrogens is 1. The van der Waals surface area contributed by atoms with Gasteiger partial charge < -0.3 is 10.2 Å². The number of aryl methyl sites for hydroxylation is 1. The Kier molecular flexibility index (Phi) is 5.79. The topological polar surface area (TPSA) is 78.1 Å². The van der Waals surface area contributed by atoms with Crippen molar-refractivity contribution in [3.63, 3.8) is 0 Å². The lowest BCUT2D eigenvalue weighted by Gasteiger charge is -2.27. The molecule has 2 amide bonds. The van der Waals surface area contributed by atoms with Crippen molar-refractivity contribution in [1.82, 2.24) is 20.4 Å². The molecule has 31 heavy (non-hydrogen) atoms. The summed E-state index contributed by atoms with van der Waals surface area (Å²) in [5.41, 5.74) is 3.97. The van der Waals surface area contributed by atoms with Crippen LogP contribution in [0.5, 0.6) is 0 Å². The lowest BCUT2D eigenvalue weighted by Crippen LogP contribution is -2.37. The maximum atomic E-state index is 13.9. The number of fused-ring (bicyclic) bond motifs is 1. The van der Waals surface area contributed by atoms with Gasteiger partial charge in [0, 0.05) is 43.4 Å². The van der Waals surface area contributed by atoms with E-state index in [9.17, 15) is 18.4 Å². The van der Waals surface area contributed by atoms with Crippen molar-refractivity contribution in [2.75, 3.05) is 6.54 Å². The zero-order valence-electron chi connectivity index (χ0n) is 17.0. The monoisotopic (exact) mass is 424 g/mol. The summed E-state index contributed by atoms with van der Waals surface area (Å²) in [5, 5.41) is 9.91. The summed E-state index contributed by atoms with van der Waals surface area (Å²) >= 11 is 0. The lowest BCUT2D eigenvalue weighted by atomic mass is 10.0. The van der Waals surface area contributed by atoms with Crippen molar-refractivity contribution in [3.8, 4) is 0 Å². The molecule has 2 N–H and O–H groups in total. The average Bonchev–Trinajstić information content (AvgIpc) is 3.17. The maximum Gasteiger partial charge on any atom is 0.272 e. The van der Waals surface area contributed by atoms with Gasteiger partial charge in [-0.3, -0.25) is 14.7 Å². The Balaban J connectivity index is 1.43. The normalized spacial score (nSPS) is 13.1. The molecule has 0 saturated heterocycles. The van der Waals surface area contributed by atoms with E-state index in [4.69, 9.17) is 0 Å². The molecule has 0 saturated carbocycles. The van der Waals surface area contributed by atoms with Gasteiger partial charge in [-0.05, 0) is 24.1 Å². The first-order chi connectivity index (χ1) is 14.9. The molecule has 0 unspecified atom stereocenters. The number of carbonyl (C=O) groups is 2. The molecular formula is C23H22F2N4O2. The fraction of sp³-hybridized carbons (Fsp3) is 0.261. The Morgan fingerprint density at radius 3 is 2.81 bits per heavy atom. The minimum absolute atomic E-state index is 0.139. The molecule has 0 atom stereocenters. The van der Waals surface area contributed by atoms with E-state index in [0.717, 1.165) is 29.0 Å². The zero-order chi connectivity index (χ0) is 22.0. The van der Waals surface area contributed by atoms with Crippen LogP contribution in [0.15, 0.2) is 42.5 Å². The maximum absolute atomic E-state index is 13.9. The Morgan fingerprint density at radius 2 is 2.03 bits per heavy atom. The van der Waals surface area contributed by atoms with E-state index in [1.165, 1.54) is 6.07 Å². The number of aromatic amines is 1. The number of benzene rings is 2. The molecule has 0 radical (unpaired) electrons. The second-order valence-electron chi connectivity index (χ2n) is 7.68. The Labute approximate surface area is 178 Å². The third-order valence-electron chi connectivity index (χ3n) is 5.39. The average molecular weight is 424 g/mol. The Hall–Kier alpha value is -3.55. The first kappa shape index (κ1) is 20.7. The second-order valence-corrected chi connectivity index (χ2v) is 7.68. The van der Waals surface area contributed by atoms with Gasteiger partial charge in [-0.2, -0.15) is 5.10 Å². The third-order valence-corrected chi connectivity index (χ3v) is 5.39. The fourth-order valence-electron chi connectivity index (χ4n) is 3.72. The molecule has 1 aliphatic rings. The molecule has 0 fully saturated rings. The number of carbonyl (C=O) groups excluding carboxylic acids is 2. The van der Waals surface area contributed by atoms with Gasteiger partial charge in [-0.1, -0.05) is 35.9 Å². The predicted molar refractivity (Wildman–Crippen MR) is 110 cm³/mol. The summed E-state index contributed by atoms with van der Waals surface area (Å²) in [6.45, 7) is 3.00. The predicted octanol–water partition coefficient (Wildman–Crippen LogP) is 3.05. The number of nitrogens with zero attached hydrogens (tertiary/aromatic N) is 2. The first-order valence-electron chi connectivity index (χ1n) is 10.0. The van der Waals surface area contributed by atoms with Crippen LogP contribution < -0.4 is 5.32 Å². The van der Waals surface area contributed by atoms with E-state index in [1.807, 2.05) is 31.2 Å². The van der Waals surface area contributed by atoms with Crippen LogP contribution in [-0.4, -0.2) is 33.5 Å². The van der Waals surface area contributed by atoms with Crippen LogP contribution in [0.1, 0.15) is 38.4 Å². The highest BCUT2D eigenvalue weighted by atomic mass is 19.1. The Morgan fingerprint density at radius 1 is 1.19 bits per heavy atom. The lowest BCUT2D eigenvalue weighted by molar-refractivity contribution is -0.131. The van der Waals surface area contributed by atoms with Crippen molar-refractivity contribution in [1.29, 1.82) is 0 Å². The van der Waals surface area contributed by atoms with Crippen molar-refractivity contribution in [2.24, 2.45) is 0 Å². The molecule has 160 valence electrons. The standard InChI is InChI=1S/C23H22F2N4O2/c1-14-3-2-4-15(9-14)12-26-23(31)22-18-13-29(8-7-20(18)27-28-22)21(30)10-16-5-6-17(24)11-19(16)25/h2-6,9,11H,7-8,10,12-13H2,1H3,(H,26,31)(H,27,28). The van der Waals surface area contributed by atoms with Gasteiger partial charge >= 0.3 is 0 Å². The van der Waals surface area contributed by atoms with Crippen LogP contribution in [0.2, 0.25) is 0 Å². The van der Waals surface area contributed by atoms with Gasteiger partial charge in [0.2, 0.25) is 5.91 Å². The van der Waals surface area contributed by atoms with Gasteiger partial charge in [0.05, 0.1) is 6.42 Å². The van der Waals surface area contributed by atoms with E-state index in [0.29, 0.717) is 25.1 Å². The molecule has 0 aliphatic carbocycles. The van der Waals surface area contributed by atoms with E-state index in [1.54, 1.807) is 4.90 Å². The van der Waals surface area contributed by atoms with Crippen molar-refractivity contribution >= 4 is 11.8 Å². The number of hydrogen-bond acceptors (Lipinski definition) is 3. The quantitative estimate of drug-likeness (QED) is 0.661. The highest BCUT2D eigenvalue weighted by molar-refractivity contribution is 5.94. The molecule has 2 heterocycles. The van der Waals surface area contributed by atoms with E-state index in [2.05, 4.69) is 15.5 Å². The minimum Gasteiger partial charge on any atom is -0.347 e. The van der Waals surface area contributed by atoms with E-state index >= 15 is 0 Å². The number of amides is 2. The van der Waals surface area contributed by atoms with Crippen LogP contribution in [0.4, 0.5) is 8.78 Å². The van der Waals surface area contributed by atoms with Crippen molar-refractivity contribution in [3.05, 3.63) is 87.7 Å². The fourth-order valence-corrected chi connectivity index (χ4v) is 3.72. The summed E-state index contributed by atoms with van der Waals surface area (Å²) in [6.07, 6.45) is 0.347. The largest absolute Gasteiger partial charge is 0.347 e. The summed E-state index contributed by atoms with van der Waals surface area (Å²) in [5.74, 6) is -2.04. The molecule has 1 aliphatic heterocycles. The first-order valence-corrected chi connectivity index (χ1v) is 10.0. The molecule has 4 rings (SSSR count). The molecule has 2 aromatic carbocycles. The summed E-state index contributed by atoms with van der Waals surface area (Å²) in [4.78, 5) is 27.0. The summed E-state index contributed by atoms with van der Waals surface area (Å²) < 4.78 is 27.0. The molecule has 3 aromatic rings. The van der Waals surface area contributed by atoms with Crippen molar-refractivity contribution < 1.29 is 18.4 Å². The van der Waals surface area contributed by atoms with Crippen LogP contribution >= 0.6 is 0 Å². The number of rotatable bonds is 5. The third kappa shape index (κ3) is 4.63. The van der Waals surface area contributed by atoms with Gasteiger partial charge in [0.15, 0.2) is 5.69 Å². The minimum atomic E-state index is -0.745. The highest BCUT2D eigenvalue weighted by Gasteiger charge is 2.28. The van der Waals surface area contributed by atoms with E-state index < -0.39 is 11.6 Å². The Bertz CT molecular complexity index is 1140. The molecule has 0 bridgehead atoms. The van der Waals surface area contributed by atoms with Crippen LogP contribution in [0.25, 0.3) is 0 Å². The van der Waals surface area contributed by atoms with E-state index in [-0.39, 0.29) is 36.0 Å². The molecule has 0 spiro atoms. The zero-order valence-corrected chi connectivity index (χ0v) is 17.0. The summed E-state index contributed by atoms with van der Waals surface area (Å²) in [6, 6.07) is 11.0. The smallest absolute Gasteiger partial charge is 0.272 e. The SMILES string of the molecule is Cc1cccc(CNC(=O)c2n[nH]c3c2CN(C(=O)Cc2ccc(F)cc2F)CC3)c1. The van der Waals surface area contributed by atoms with Gasteiger partial charge in [-0.25, -0.2) is 8.78 Å².